The second kappa shape index (κ2) is 11.9. The van der Waals surface area contributed by atoms with Crippen LogP contribution in [0.1, 0.15) is 25.8 Å². The number of aromatic nitrogens is 1. The monoisotopic (exact) mass is 612 g/mol. The van der Waals surface area contributed by atoms with E-state index in [1.165, 1.54) is 16.4 Å². The molecule has 0 amide bonds. The van der Waals surface area contributed by atoms with Gasteiger partial charge in [0.05, 0.1) is 32.9 Å². The first-order chi connectivity index (χ1) is 19.6. The third kappa shape index (κ3) is 5.59. The zero-order valence-corrected chi connectivity index (χ0v) is 25.0. The third-order valence-electron chi connectivity index (χ3n) is 7.35. The molecule has 1 fully saturated rings. The number of pyridine rings is 1. The Labute approximate surface area is 249 Å². The molecule has 0 radical (unpaired) electrons. The average Bonchev–Trinajstić information content (AvgIpc) is 3.42. The van der Waals surface area contributed by atoms with Gasteiger partial charge in [0.25, 0.3) is 5.56 Å². The van der Waals surface area contributed by atoms with Gasteiger partial charge in [-0.05, 0) is 48.9 Å². The molecule has 2 heterocycles. The van der Waals surface area contributed by atoms with Crippen molar-refractivity contribution in [2.45, 2.75) is 31.2 Å². The maximum absolute atomic E-state index is 13.6. The fourth-order valence-electron chi connectivity index (χ4n) is 5.22. The van der Waals surface area contributed by atoms with Crippen LogP contribution in [0.15, 0.2) is 81.4 Å². The molecule has 5 rings (SSSR count). The summed E-state index contributed by atoms with van der Waals surface area (Å²) in [7, 11) is -3.78. The summed E-state index contributed by atoms with van der Waals surface area (Å²) in [6, 6.07) is 18.4. The minimum absolute atomic E-state index is 0.0419. The van der Waals surface area contributed by atoms with Crippen molar-refractivity contribution in [2.75, 3.05) is 31.1 Å². The lowest BCUT2D eigenvalue weighted by atomic mass is 10.1. The Hall–Kier alpha value is -3.37. The van der Waals surface area contributed by atoms with Crippen LogP contribution in [0.5, 0.6) is 5.88 Å². The molecule has 1 saturated heterocycles. The molecule has 1 aliphatic rings. The van der Waals surface area contributed by atoms with Gasteiger partial charge >= 0.3 is 0 Å². The molecule has 0 bridgehead atoms. The number of nitrogens with zero attached hydrogens (tertiary/aromatic N) is 4. The predicted molar refractivity (Wildman–Crippen MR) is 166 cm³/mol. The van der Waals surface area contributed by atoms with Gasteiger partial charge in [0.15, 0.2) is 0 Å². The van der Waals surface area contributed by atoms with Crippen molar-refractivity contribution in [1.82, 2.24) is 8.87 Å². The minimum atomic E-state index is -3.78. The fraction of sp³-hybridized carbons (Fsp3) is 0.267. The molecule has 4 aromatic rings. The van der Waals surface area contributed by atoms with E-state index in [4.69, 9.17) is 28.2 Å². The highest BCUT2D eigenvalue weighted by atomic mass is 35.5. The lowest BCUT2D eigenvalue weighted by Crippen LogP contribution is -2.30. The molecule has 0 spiro atoms. The van der Waals surface area contributed by atoms with Gasteiger partial charge in [0.2, 0.25) is 15.9 Å². The molecule has 1 aliphatic heterocycles. The highest BCUT2D eigenvalue weighted by Gasteiger charge is 2.25. The molecular formula is C30H30Cl2N4O4S. The molecule has 0 saturated carbocycles. The first kappa shape index (κ1) is 29.1. The van der Waals surface area contributed by atoms with Crippen LogP contribution in [-0.4, -0.2) is 60.8 Å². The molecule has 41 heavy (non-hydrogen) atoms. The Balaban J connectivity index is 1.54. The van der Waals surface area contributed by atoms with Gasteiger partial charge in [-0.25, -0.2) is 13.0 Å². The number of aliphatic imine (C=N–C) groups is 1. The number of sulfonamides is 1. The summed E-state index contributed by atoms with van der Waals surface area (Å²) in [6.45, 7) is 5.54. The van der Waals surface area contributed by atoms with E-state index < -0.39 is 15.6 Å². The molecule has 1 N–H and O–H groups in total. The Morgan fingerprint density at radius 3 is 2.46 bits per heavy atom. The third-order valence-corrected chi connectivity index (χ3v) is 9.93. The lowest BCUT2D eigenvalue weighted by molar-refractivity contribution is 0.435. The van der Waals surface area contributed by atoms with Gasteiger partial charge in [0.1, 0.15) is 0 Å². The molecule has 8 nitrogen and oxygen atoms in total. The minimum Gasteiger partial charge on any atom is -0.494 e. The normalized spacial score (nSPS) is 15.9. The van der Waals surface area contributed by atoms with Gasteiger partial charge in [-0.15, -0.1) is 0 Å². The molecule has 1 unspecified atom stereocenters. The van der Waals surface area contributed by atoms with Gasteiger partial charge < -0.3 is 10.0 Å². The van der Waals surface area contributed by atoms with Crippen LogP contribution >= 0.6 is 23.2 Å². The number of rotatable bonds is 8. The predicted octanol–water partition coefficient (Wildman–Crippen LogP) is 5.73. The van der Waals surface area contributed by atoms with Crippen LogP contribution in [0.4, 0.5) is 5.69 Å². The topological polar surface area (TPSA) is 95.2 Å². The van der Waals surface area contributed by atoms with Crippen LogP contribution in [-0.2, 0) is 10.0 Å². The van der Waals surface area contributed by atoms with Gasteiger partial charge in [-0.1, -0.05) is 61.3 Å². The molecule has 3 aromatic carbocycles. The standard InChI is InChI=1S/C30H30Cl2N4O4S/c1-3-35(4-2)41(39,40)23-9-7-8-22(17-23)36-29(37)25-11-6-5-10-24(25)26(30(36)38)18-33-21-14-15-34(19-21)28-13-12-20(31)16-27(28)32/h5-13,16-18,21,38H,3-4,14-15,19H2,1-2H3. The lowest BCUT2D eigenvalue weighted by Gasteiger charge is -2.20. The zero-order valence-electron chi connectivity index (χ0n) is 22.7. The van der Waals surface area contributed by atoms with Crippen molar-refractivity contribution in [3.05, 3.63) is 92.7 Å². The van der Waals surface area contributed by atoms with Crippen LogP contribution in [0, 0.1) is 0 Å². The van der Waals surface area contributed by atoms with E-state index in [-0.39, 0.29) is 22.5 Å². The molecule has 0 aliphatic carbocycles. The smallest absolute Gasteiger partial charge is 0.265 e. The molecule has 214 valence electrons. The van der Waals surface area contributed by atoms with E-state index in [9.17, 15) is 18.3 Å². The number of hydrogen-bond acceptors (Lipinski definition) is 6. The Kier molecular flexibility index (Phi) is 8.42. The highest BCUT2D eigenvalue weighted by Crippen LogP contribution is 2.32. The van der Waals surface area contributed by atoms with Crippen molar-refractivity contribution in [1.29, 1.82) is 0 Å². The molecular weight excluding hydrogens is 583 g/mol. The van der Waals surface area contributed by atoms with E-state index in [0.29, 0.717) is 46.0 Å². The zero-order chi connectivity index (χ0) is 29.3. The number of halogens is 2. The van der Waals surface area contributed by atoms with Crippen LogP contribution in [0.3, 0.4) is 0 Å². The summed E-state index contributed by atoms with van der Waals surface area (Å²) in [6.07, 6.45) is 2.38. The Bertz CT molecular complexity index is 1800. The first-order valence-corrected chi connectivity index (χ1v) is 15.6. The maximum Gasteiger partial charge on any atom is 0.265 e. The summed E-state index contributed by atoms with van der Waals surface area (Å²) in [5.74, 6) is -0.314. The summed E-state index contributed by atoms with van der Waals surface area (Å²) in [5, 5.41) is 13.5. The fourth-order valence-corrected chi connectivity index (χ4v) is 7.25. The van der Waals surface area contributed by atoms with Crippen molar-refractivity contribution < 1.29 is 13.5 Å². The largest absolute Gasteiger partial charge is 0.494 e. The number of fused-ring (bicyclic) bond motifs is 1. The van der Waals surface area contributed by atoms with Crippen LogP contribution in [0.25, 0.3) is 16.5 Å². The second-order valence-electron chi connectivity index (χ2n) is 9.77. The SMILES string of the molecule is CCN(CC)S(=O)(=O)c1cccc(-n2c(O)c(C=NC3CCN(c4ccc(Cl)cc4Cl)C3)c3ccccc3c2=O)c1. The highest BCUT2D eigenvalue weighted by molar-refractivity contribution is 7.89. The number of hydrogen-bond donors (Lipinski definition) is 1. The van der Waals surface area contributed by atoms with E-state index in [1.807, 2.05) is 6.07 Å². The van der Waals surface area contributed by atoms with E-state index in [1.54, 1.807) is 68.6 Å². The van der Waals surface area contributed by atoms with Crippen molar-refractivity contribution in [2.24, 2.45) is 4.99 Å². The van der Waals surface area contributed by atoms with Gasteiger partial charge in [-0.3, -0.25) is 9.79 Å². The van der Waals surface area contributed by atoms with Crippen LogP contribution < -0.4 is 10.5 Å². The van der Waals surface area contributed by atoms with Crippen molar-refractivity contribution in [3.8, 4) is 11.6 Å². The Morgan fingerprint density at radius 1 is 1.02 bits per heavy atom. The number of benzene rings is 3. The maximum atomic E-state index is 13.6. The summed E-state index contributed by atoms with van der Waals surface area (Å²) >= 11 is 12.5. The summed E-state index contributed by atoms with van der Waals surface area (Å²) in [5.41, 5.74) is 1.04. The van der Waals surface area contributed by atoms with Crippen molar-refractivity contribution >= 4 is 55.9 Å². The quantitative estimate of drug-likeness (QED) is 0.256. The van der Waals surface area contributed by atoms with Gasteiger partial charge in [0, 0.05) is 48.2 Å². The second-order valence-corrected chi connectivity index (χ2v) is 12.6. The molecule has 11 heteroatoms. The molecule has 1 aromatic heterocycles. The Morgan fingerprint density at radius 2 is 1.76 bits per heavy atom. The van der Waals surface area contributed by atoms with E-state index in [2.05, 4.69) is 4.90 Å². The van der Waals surface area contributed by atoms with Crippen LogP contribution in [0.2, 0.25) is 10.0 Å². The number of aromatic hydroxyl groups is 1. The first-order valence-electron chi connectivity index (χ1n) is 13.4. The van der Waals surface area contributed by atoms with E-state index in [0.717, 1.165) is 23.2 Å². The summed E-state index contributed by atoms with van der Waals surface area (Å²) in [4.78, 5) is 20.6. The van der Waals surface area contributed by atoms with E-state index >= 15 is 0 Å². The number of anilines is 1. The average molecular weight is 614 g/mol. The molecule has 1 atom stereocenters. The van der Waals surface area contributed by atoms with Crippen molar-refractivity contribution in [3.63, 3.8) is 0 Å². The van der Waals surface area contributed by atoms with Gasteiger partial charge in [-0.2, -0.15) is 4.31 Å². The summed E-state index contributed by atoms with van der Waals surface area (Å²) < 4.78 is 28.8.